The van der Waals surface area contributed by atoms with Crippen molar-refractivity contribution in [2.24, 2.45) is 0 Å². The molecule has 6 heteroatoms. The molecule has 0 atom stereocenters. The van der Waals surface area contributed by atoms with Gasteiger partial charge in [0.2, 0.25) is 11.8 Å². The highest BCUT2D eigenvalue weighted by molar-refractivity contribution is 5.97. The second kappa shape index (κ2) is 9.32. The predicted octanol–water partition coefficient (Wildman–Crippen LogP) is 3.54. The van der Waals surface area contributed by atoms with E-state index >= 15 is 0 Å². The number of carbonyl (C=O) groups is 2. The van der Waals surface area contributed by atoms with Gasteiger partial charge in [-0.25, -0.2) is 0 Å². The van der Waals surface area contributed by atoms with Crippen LogP contribution >= 0.6 is 0 Å². The summed E-state index contributed by atoms with van der Waals surface area (Å²) in [7, 11) is 0. The molecule has 0 spiro atoms. The molecule has 0 saturated heterocycles. The fourth-order valence-electron chi connectivity index (χ4n) is 2.59. The number of anilines is 1. The van der Waals surface area contributed by atoms with Crippen LogP contribution in [-0.2, 0) is 16.1 Å². The molecule has 0 saturated carbocycles. The van der Waals surface area contributed by atoms with Crippen LogP contribution in [0, 0.1) is 0 Å². The number of para-hydroxylation sites is 1. The molecule has 142 valence electrons. The van der Waals surface area contributed by atoms with Crippen LogP contribution < -0.4 is 15.0 Å². The van der Waals surface area contributed by atoms with E-state index in [1.165, 1.54) is 11.8 Å². The van der Waals surface area contributed by atoms with Gasteiger partial charge in [0.1, 0.15) is 18.0 Å². The number of amides is 2. The van der Waals surface area contributed by atoms with Crippen LogP contribution in [-0.4, -0.2) is 23.3 Å². The SMILES string of the molecule is CC(=O)N(CC(=O)NCc1ccccn1)c1ccc(Oc2ccccc2)cc1. The Labute approximate surface area is 163 Å². The summed E-state index contributed by atoms with van der Waals surface area (Å²) in [5.74, 6) is 0.904. The summed E-state index contributed by atoms with van der Waals surface area (Å²) in [6.07, 6.45) is 1.67. The highest BCUT2D eigenvalue weighted by Crippen LogP contribution is 2.24. The Bertz CT molecular complexity index is 913. The average Bonchev–Trinajstić information content (AvgIpc) is 2.72. The molecule has 0 fully saturated rings. The molecule has 0 aliphatic rings. The van der Waals surface area contributed by atoms with Crippen molar-refractivity contribution in [3.63, 3.8) is 0 Å². The second-order valence-corrected chi connectivity index (χ2v) is 6.11. The third kappa shape index (κ3) is 5.41. The summed E-state index contributed by atoms with van der Waals surface area (Å²) in [4.78, 5) is 29.9. The maximum atomic E-state index is 12.3. The standard InChI is InChI=1S/C22H21N3O3/c1-17(26)25(16-22(27)24-15-18-7-5-6-14-23-18)19-10-12-21(13-11-19)28-20-8-3-2-4-9-20/h2-14H,15-16H2,1H3,(H,24,27). The largest absolute Gasteiger partial charge is 0.457 e. The van der Waals surface area contributed by atoms with Gasteiger partial charge in [-0.1, -0.05) is 24.3 Å². The Kier molecular flexibility index (Phi) is 6.36. The molecule has 0 bridgehead atoms. The molecule has 0 aliphatic heterocycles. The lowest BCUT2D eigenvalue weighted by Gasteiger charge is -2.21. The first-order chi connectivity index (χ1) is 13.6. The van der Waals surface area contributed by atoms with Crippen molar-refractivity contribution >= 4 is 17.5 Å². The summed E-state index contributed by atoms with van der Waals surface area (Å²) in [5, 5.41) is 2.78. The average molecular weight is 375 g/mol. The van der Waals surface area contributed by atoms with Crippen LogP contribution in [0.25, 0.3) is 0 Å². The Balaban J connectivity index is 1.61. The molecular formula is C22H21N3O3. The molecule has 1 N–H and O–H groups in total. The van der Waals surface area contributed by atoms with E-state index in [1.807, 2.05) is 48.5 Å². The zero-order chi connectivity index (χ0) is 19.8. The lowest BCUT2D eigenvalue weighted by Crippen LogP contribution is -2.39. The third-order valence-electron chi connectivity index (χ3n) is 4.00. The first kappa shape index (κ1) is 19.1. The van der Waals surface area contributed by atoms with Gasteiger partial charge in [0.05, 0.1) is 12.2 Å². The number of nitrogens with zero attached hydrogens (tertiary/aromatic N) is 2. The minimum Gasteiger partial charge on any atom is -0.457 e. The Hall–Kier alpha value is -3.67. The van der Waals surface area contributed by atoms with Crippen LogP contribution in [0.1, 0.15) is 12.6 Å². The summed E-state index contributed by atoms with van der Waals surface area (Å²) < 4.78 is 5.75. The van der Waals surface area contributed by atoms with Crippen molar-refractivity contribution in [1.29, 1.82) is 0 Å². The highest BCUT2D eigenvalue weighted by atomic mass is 16.5. The first-order valence-corrected chi connectivity index (χ1v) is 8.89. The molecule has 1 heterocycles. The van der Waals surface area contributed by atoms with Gasteiger partial charge in [-0.15, -0.1) is 0 Å². The molecule has 0 unspecified atom stereocenters. The lowest BCUT2D eigenvalue weighted by atomic mass is 10.2. The quantitative estimate of drug-likeness (QED) is 0.686. The van der Waals surface area contributed by atoms with Crippen LogP contribution in [0.15, 0.2) is 79.0 Å². The van der Waals surface area contributed by atoms with E-state index < -0.39 is 0 Å². The van der Waals surface area contributed by atoms with Gasteiger partial charge in [0.25, 0.3) is 0 Å². The summed E-state index contributed by atoms with van der Waals surface area (Å²) in [5.41, 5.74) is 1.38. The highest BCUT2D eigenvalue weighted by Gasteiger charge is 2.16. The molecule has 0 radical (unpaired) electrons. The molecular weight excluding hydrogens is 354 g/mol. The Morgan fingerprint density at radius 2 is 1.61 bits per heavy atom. The third-order valence-corrected chi connectivity index (χ3v) is 4.00. The normalized spacial score (nSPS) is 10.2. The lowest BCUT2D eigenvalue weighted by molar-refractivity contribution is -0.123. The second-order valence-electron chi connectivity index (χ2n) is 6.11. The Morgan fingerprint density at radius 1 is 0.929 bits per heavy atom. The smallest absolute Gasteiger partial charge is 0.240 e. The number of ether oxygens (including phenoxy) is 1. The van der Waals surface area contributed by atoms with Gasteiger partial charge in [-0.3, -0.25) is 14.6 Å². The molecule has 1 aromatic heterocycles. The van der Waals surface area contributed by atoms with E-state index in [4.69, 9.17) is 4.74 Å². The van der Waals surface area contributed by atoms with E-state index in [2.05, 4.69) is 10.3 Å². The van der Waals surface area contributed by atoms with Crippen molar-refractivity contribution < 1.29 is 14.3 Å². The molecule has 3 rings (SSSR count). The molecule has 2 aromatic carbocycles. The number of benzene rings is 2. The monoisotopic (exact) mass is 375 g/mol. The van der Waals surface area contributed by atoms with Crippen LogP contribution in [0.3, 0.4) is 0 Å². The number of carbonyl (C=O) groups excluding carboxylic acids is 2. The van der Waals surface area contributed by atoms with E-state index in [9.17, 15) is 9.59 Å². The van der Waals surface area contributed by atoms with E-state index in [1.54, 1.807) is 30.5 Å². The van der Waals surface area contributed by atoms with Crippen molar-refractivity contribution in [2.45, 2.75) is 13.5 Å². The summed E-state index contributed by atoms with van der Waals surface area (Å²) in [6.45, 7) is 1.68. The number of nitrogens with one attached hydrogen (secondary N) is 1. The molecule has 6 nitrogen and oxygen atoms in total. The first-order valence-electron chi connectivity index (χ1n) is 8.89. The molecule has 3 aromatic rings. The summed E-state index contributed by atoms with van der Waals surface area (Å²) >= 11 is 0. The number of aromatic nitrogens is 1. The zero-order valence-corrected chi connectivity index (χ0v) is 15.5. The fraction of sp³-hybridized carbons (Fsp3) is 0.136. The number of pyridine rings is 1. The van der Waals surface area contributed by atoms with Crippen molar-refractivity contribution in [1.82, 2.24) is 10.3 Å². The maximum absolute atomic E-state index is 12.3. The van der Waals surface area contributed by atoms with Crippen molar-refractivity contribution in [3.05, 3.63) is 84.7 Å². The van der Waals surface area contributed by atoms with E-state index in [-0.39, 0.29) is 18.4 Å². The number of hydrogen-bond donors (Lipinski definition) is 1. The zero-order valence-electron chi connectivity index (χ0n) is 15.5. The maximum Gasteiger partial charge on any atom is 0.240 e. The van der Waals surface area contributed by atoms with E-state index in [0.29, 0.717) is 18.0 Å². The van der Waals surface area contributed by atoms with Gasteiger partial charge < -0.3 is 15.0 Å². The topological polar surface area (TPSA) is 71.5 Å². The van der Waals surface area contributed by atoms with Gasteiger partial charge in [-0.05, 0) is 48.5 Å². The minimum atomic E-state index is -0.259. The van der Waals surface area contributed by atoms with Gasteiger partial charge in [-0.2, -0.15) is 0 Å². The summed E-state index contributed by atoms with van der Waals surface area (Å²) in [6, 6.07) is 22.0. The predicted molar refractivity (Wildman–Crippen MR) is 107 cm³/mol. The minimum absolute atomic E-state index is 0.0684. The fourth-order valence-corrected chi connectivity index (χ4v) is 2.59. The van der Waals surface area contributed by atoms with Crippen LogP contribution in [0.2, 0.25) is 0 Å². The van der Waals surface area contributed by atoms with Gasteiger partial charge in [0, 0.05) is 18.8 Å². The van der Waals surface area contributed by atoms with E-state index in [0.717, 1.165) is 11.4 Å². The van der Waals surface area contributed by atoms with Crippen LogP contribution in [0.4, 0.5) is 5.69 Å². The molecule has 28 heavy (non-hydrogen) atoms. The number of hydrogen-bond acceptors (Lipinski definition) is 4. The van der Waals surface area contributed by atoms with Crippen molar-refractivity contribution in [3.8, 4) is 11.5 Å². The van der Waals surface area contributed by atoms with Gasteiger partial charge >= 0.3 is 0 Å². The van der Waals surface area contributed by atoms with Crippen LogP contribution in [0.5, 0.6) is 11.5 Å². The number of rotatable bonds is 7. The van der Waals surface area contributed by atoms with Gasteiger partial charge in [0.15, 0.2) is 0 Å². The Morgan fingerprint density at radius 3 is 2.25 bits per heavy atom. The molecule has 0 aliphatic carbocycles. The van der Waals surface area contributed by atoms with Crippen molar-refractivity contribution in [2.75, 3.05) is 11.4 Å². The molecule has 2 amide bonds.